The highest BCUT2D eigenvalue weighted by Gasteiger charge is 2.32. The molecule has 0 aliphatic heterocycles. The molecule has 1 saturated carbocycles. The van der Waals surface area contributed by atoms with Gasteiger partial charge in [0.15, 0.2) is 0 Å². The van der Waals surface area contributed by atoms with Crippen LogP contribution in [0.3, 0.4) is 0 Å². The third-order valence-electron chi connectivity index (χ3n) is 3.19. The Bertz CT molecular complexity index is 137. The maximum atomic E-state index is 10.2. The lowest BCUT2D eigenvalue weighted by atomic mass is 9.80. The van der Waals surface area contributed by atoms with E-state index in [-0.39, 0.29) is 5.60 Å². The van der Waals surface area contributed by atoms with Crippen LogP contribution in [0.2, 0.25) is 0 Å². The van der Waals surface area contributed by atoms with Crippen LogP contribution in [0.1, 0.15) is 51.9 Å². The third kappa shape index (κ3) is 3.28. The minimum absolute atomic E-state index is 0.370. The normalized spacial score (nSPS) is 34.8. The van der Waals surface area contributed by atoms with Crippen LogP contribution < -0.4 is 0 Å². The molecule has 1 fully saturated rings. The summed E-state index contributed by atoms with van der Waals surface area (Å²) in [6, 6.07) is 0. The van der Waals surface area contributed by atoms with E-state index in [1.54, 1.807) is 7.11 Å². The first-order chi connectivity index (χ1) is 6.20. The molecule has 0 spiro atoms. The molecule has 1 aliphatic carbocycles. The van der Waals surface area contributed by atoms with E-state index >= 15 is 0 Å². The molecule has 0 heterocycles. The zero-order valence-corrected chi connectivity index (χ0v) is 8.88. The molecular weight excluding hydrogens is 164 g/mol. The predicted molar refractivity (Wildman–Crippen MR) is 53.7 cm³/mol. The predicted octanol–water partition coefficient (Wildman–Crippen LogP) is 2.50. The van der Waals surface area contributed by atoms with Crippen molar-refractivity contribution in [1.29, 1.82) is 0 Å². The Morgan fingerprint density at radius 3 is 2.46 bits per heavy atom. The zero-order valence-electron chi connectivity index (χ0n) is 8.88. The summed E-state index contributed by atoms with van der Waals surface area (Å²) in [6.07, 6.45) is 7.58. The lowest BCUT2D eigenvalue weighted by Crippen LogP contribution is -2.36. The zero-order chi connectivity index (χ0) is 9.73. The molecule has 0 aromatic carbocycles. The van der Waals surface area contributed by atoms with Gasteiger partial charge >= 0.3 is 0 Å². The van der Waals surface area contributed by atoms with Gasteiger partial charge in [0.1, 0.15) is 0 Å². The van der Waals surface area contributed by atoms with E-state index in [1.807, 2.05) is 0 Å². The lowest BCUT2D eigenvalue weighted by molar-refractivity contribution is -0.0491. The molecule has 2 heteroatoms. The molecular formula is C11H22O2. The first-order valence-electron chi connectivity index (χ1n) is 5.45. The van der Waals surface area contributed by atoms with Crippen LogP contribution in [-0.4, -0.2) is 23.9 Å². The van der Waals surface area contributed by atoms with Crippen LogP contribution in [0.15, 0.2) is 0 Å². The smallest absolute Gasteiger partial charge is 0.0649 e. The largest absolute Gasteiger partial charge is 0.390 e. The summed E-state index contributed by atoms with van der Waals surface area (Å²) in [5.41, 5.74) is -0.370. The second kappa shape index (κ2) is 4.97. The molecule has 0 unspecified atom stereocenters. The summed E-state index contributed by atoms with van der Waals surface area (Å²) in [7, 11) is 1.76. The van der Waals surface area contributed by atoms with Gasteiger partial charge < -0.3 is 9.84 Å². The Morgan fingerprint density at radius 1 is 1.38 bits per heavy atom. The van der Waals surface area contributed by atoms with Crippen molar-refractivity contribution >= 4 is 0 Å². The van der Waals surface area contributed by atoms with Crippen LogP contribution in [0.4, 0.5) is 0 Å². The van der Waals surface area contributed by atoms with E-state index in [4.69, 9.17) is 4.74 Å². The summed E-state index contributed by atoms with van der Waals surface area (Å²) >= 11 is 0. The second-order valence-corrected chi connectivity index (χ2v) is 4.26. The van der Waals surface area contributed by atoms with Gasteiger partial charge in [0, 0.05) is 7.11 Å². The molecule has 0 radical (unpaired) electrons. The molecule has 0 aromatic rings. The molecule has 0 bridgehead atoms. The van der Waals surface area contributed by atoms with Crippen molar-refractivity contribution in [1.82, 2.24) is 0 Å². The lowest BCUT2D eigenvalue weighted by Gasteiger charge is -2.35. The van der Waals surface area contributed by atoms with E-state index < -0.39 is 0 Å². The Labute approximate surface area is 81.3 Å². The molecule has 1 aliphatic rings. The molecule has 0 amide bonds. The van der Waals surface area contributed by atoms with Gasteiger partial charge in [0.25, 0.3) is 0 Å². The van der Waals surface area contributed by atoms with Crippen molar-refractivity contribution in [3.8, 4) is 0 Å². The first-order valence-corrected chi connectivity index (χ1v) is 5.45. The van der Waals surface area contributed by atoms with Crippen LogP contribution in [0, 0.1) is 0 Å². The molecule has 0 saturated heterocycles. The summed E-state index contributed by atoms with van der Waals surface area (Å²) < 4.78 is 5.28. The van der Waals surface area contributed by atoms with Gasteiger partial charge in [0.2, 0.25) is 0 Å². The summed E-state index contributed by atoms with van der Waals surface area (Å²) in [4.78, 5) is 0. The number of hydrogen-bond donors (Lipinski definition) is 1. The van der Waals surface area contributed by atoms with Gasteiger partial charge in [-0.05, 0) is 32.1 Å². The van der Waals surface area contributed by atoms with Crippen LogP contribution >= 0.6 is 0 Å². The maximum Gasteiger partial charge on any atom is 0.0649 e. The van der Waals surface area contributed by atoms with E-state index in [1.165, 1.54) is 6.42 Å². The fourth-order valence-corrected chi connectivity index (χ4v) is 2.12. The van der Waals surface area contributed by atoms with Crippen molar-refractivity contribution in [2.75, 3.05) is 7.11 Å². The minimum atomic E-state index is -0.370. The van der Waals surface area contributed by atoms with Crippen LogP contribution in [0.5, 0.6) is 0 Å². The Kier molecular flexibility index (Phi) is 4.20. The number of rotatable bonds is 4. The SMILES string of the molecule is CCCCC1(O)CCC(OC)CC1. The highest BCUT2D eigenvalue weighted by molar-refractivity contribution is 4.85. The molecule has 1 rings (SSSR count). The van der Waals surface area contributed by atoms with Crippen molar-refractivity contribution in [3.05, 3.63) is 0 Å². The average molecular weight is 186 g/mol. The van der Waals surface area contributed by atoms with Crippen molar-refractivity contribution in [2.24, 2.45) is 0 Å². The van der Waals surface area contributed by atoms with Crippen molar-refractivity contribution in [3.63, 3.8) is 0 Å². The highest BCUT2D eigenvalue weighted by Crippen LogP contribution is 2.33. The van der Waals surface area contributed by atoms with Gasteiger partial charge in [0.05, 0.1) is 11.7 Å². The summed E-state index contributed by atoms with van der Waals surface area (Å²) in [6.45, 7) is 2.17. The van der Waals surface area contributed by atoms with Crippen LogP contribution in [0.25, 0.3) is 0 Å². The Balaban J connectivity index is 2.28. The average Bonchev–Trinajstić information content (AvgIpc) is 2.16. The fraction of sp³-hybridized carbons (Fsp3) is 1.00. The van der Waals surface area contributed by atoms with Crippen molar-refractivity contribution < 1.29 is 9.84 Å². The summed E-state index contributed by atoms with van der Waals surface area (Å²) in [5.74, 6) is 0. The number of hydrogen-bond acceptors (Lipinski definition) is 2. The monoisotopic (exact) mass is 186 g/mol. The maximum absolute atomic E-state index is 10.2. The van der Waals surface area contributed by atoms with Gasteiger partial charge in [-0.2, -0.15) is 0 Å². The topological polar surface area (TPSA) is 29.5 Å². The van der Waals surface area contributed by atoms with Crippen molar-refractivity contribution in [2.45, 2.75) is 63.6 Å². The van der Waals surface area contributed by atoms with Gasteiger partial charge in [-0.25, -0.2) is 0 Å². The van der Waals surface area contributed by atoms with Gasteiger partial charge in [-0.1, -0.05) is 19.8 Å². The fourth-order valence-electron chi connectivity index (χ4n) is 2.12. The van der Waals surface area contributed by atoms with Gasteiger partial charge in [-0.15, -0.1) is 0 Å². The second-order valence-electron chi connectivity index (χ2n) is 4.26. The number of aliphatic hydroxyl groups is 1. The number of ether oxygens (including phenoxy) is 1. The standard InChI is InChI=1S/C11H22O2/c1-3-4-7-11(12)8-5-10(13-2)6-9-11/h10,12H,3-9H2,1-2H3. The number of methoxy groups -OCH3 is 1. The first kappa shape index (κ1) is 11.0. The van der Waals surface area contributed by atoms with E-state index in [2.05, 4.69) is 6.92 Å². The molecule has 0 atom stereocenters. The Hall–Kier alpha value is -0.0800. The van der Waals surface area contributed by atoms with E-state index in [9.17, 15) is 5.11 Å². The third-order valence-corrected chi connectivity index (χ3v) is 3.19. The minimum Gasteiger partial charge on any atom is -0.390 e. The molecule has 2 nitrogen and oxygen atoms in total. The quantitative estimate of drug-likeness (QED) is 0.731. The van der Waals surface area contributed by atoms with E-state index in [0.29, 0.717) is 6.10 Å². The van der Waals surface area contributed by atoms with Gasteiger partial charge in [-0.3, -0.25) is 0 Å². The number of unbranched alkanes of at least 4 members (excludes halogenated alkanes) is 1. The molecule has 0 aromatic heterocycles. The summed E-state index contributed by atoms with van der Waals surface area (Å²) in [5, 5.41) is 10.2. The highest BCUT2D eigenvalue weighted by atomic mass is 16.5. The van der Waals surface area contributed by atoms with Crippen LogP contribution in [-0.2, 0) is 4.74 Å². The Morgan fingerprint density at radius 2 is 2.00 bits per heavy atom. The molecule has 1 N–H and O–H groups in total. The molecule has 13 heavy (non-hydrogen) atoms. The van der Waals surface area contributed by atoms with E-state index in [0.717, 1.165) is 38.5 Å². The molecule has 78 valence electrons.